The minimum atomic E-state index is 0.842. The maximum atomic E-state index is 4.36. The Hall–Kier alpha value is -2.33. The van der Waals surface area contributed by atoms with E-state index in [1.165, 1.54) is 10.9 Å². The Labute approximate surface area is 130 Å². The van der Waals surface area contributed by atoms with E-state index in [1.807, 2.05) is 24.7 Å². The summed E-state index contributed by atoms with van der Waals surface area (Å²) in [6.45, 7) is 3.80. The molecule has 0 saturated heterocycles. The normalized spacial score (nSPS) is 11.2. The monoisotopic (exact) mass is 292 g/mol. The van der Waals surface area contributed by atoms with Crippen LogP contribution < -0.4 is 0 Å². The van der Waals surface area contributed by atoms with Crippen molar-refractivity contribution in [2.45, 2.75) is 26.4 Å². The van der Waals surface area contributed by atoms with Gasteiger partial charge in [-0.2, -0.15) is 0 Å². The number of benzene rings is 1. The van der Waals surface area contributed by atoms with E-state index >= 15 is 0 Å². The van der Waals surface area contributed by atoms with Gasteiger partial charge in [-0.3, -0.25) is 9.88 Å². The Morgan fingerprint density at radius 3 is 2.50 bits per heavy atom. The Balaban J connectivity index is 1.67. The second kappa shape index (κ2) is 6.62. The molecule has 3 rings (SSSR count). The molecule has 3 aromatic rings. The SMILES string of the molecule is CCc1ncc(CN(C)Cc2ccc3ncccc3c2)cn1. The molecule has 0 bridgehead atoms. The van der Waals surface area contributed by atoms with E-state index < -0.39 is 0 Å². The molecule has 22 heavy (non-hydrogen) atoms. The minimum Gasteiger partial charge on any atom is -0.298 e. The standard InChI is InChI=1S/C18H20N4/c1-3-18-20-10-15(11-21-18)13-22(2)12-14-6-7-17-16(9-14)5-4-8-19-17/h4-11H,3,12-13H2,1-2H3. The molecule has 1 aromatic carbocycles. The zero-order valence-electron chi connectivity index (χ0n) is 13.0. The number of aromatic nitrogens is 3. The van der Waals surface area contributed by atoms with E-state index in [4.69, 9.17) is 0 Å². The predicted molar refractivity (Wildman–Crippen MR) is 88.3 cm³/mol. The lowest BCUT2D eigenvalue weighted by Gasteiger charge is -2.16. The quantitative estimate of drug-likeness (QED) is 0.724. The molecule has 0 saturated carbocycles. The highest BCUT2D eigenvalue weighted by atomic mass is 15.1. The van der Waals surface area contributed by atoms with Gasteiger partial charge in [-0.15, -0.1) is 0 Å². The van der Waals surface area contributed by atoms with Gasteiger partial charge in [-0.25, -0.2) is 9.97 Å². The molecule has 0 spiro atoms. The first-order valence-corrected chi connectivity index (χ1v) is 7.56. The molecule has 0 fully saturated rings. The number of hydrogen-bond acceptors (Lipinski definition) is 4. The fraction of sp³-hybridized carbons (Fsp3) is 0.278. The number of aryl methyl sites for hydroxylation is 1. The molecule has 0 atom stereocenters. The largest absolute Gasteiger partial charge is 0.298 e. The average molecular weight is 292 g/mol. The summed E-state index contributed by atoms with van der Waals surface area (Å²) >= 11 is 0. The van der Waals surface area contributed by atoms with Gasteiger partial charge in [0.15, 0.2) is 0 Å². The topological polar surface area (TPSA) is 41.9 Å². The number of nitrogens with zero attached hydrogens (tertiary/aromatic N) is 4. The van der Waals surface area contributed by atoms with Crippen molar-refractivity contribution in [3.05, 3.63) is 65.9 Å². The summed E-state index contributed by atoms with van der Waals surface area (Å²) in [4.78, 5) is 15.3. The second-order valence-electron chi connectivity index (χ2n) is 5.56. The summed E-state index contributed by atoms with van der Waals surface area (Å²) in [5, 5.41) is 1.18. The fourth-order valence-corrected chi connectivity index (χ4v) is 2.55. The van der Waals surface area contributed by atoms with E-state index in [9.17, 15) is 0 Å². The lowest BCUT2D eigenvalue weighted by Crippen LogP contribution is -2.17. The van der Waals surface area contributed by atoms with Crippen molar-refractivity contribution >= 4 is 10.9 Å². The fourth-order valence-electron chi connectivity index (χ4n) is 2.55. The summed E-state index contributed by atoms with van der Waals surface area (Å²) in [5.41, 5.74) is 3.47. The summed E-state index contributed by atoms with van der Waals surface area (Å²) in [7, 11) is 2.11. The van der Waals surface area contributed by atoms with Gasteiger partial charge in [0.2, 0.25) is 0 Å². The Morgan fingerprint density at radius 1 is 0.955 bits per heavy atom. The van der Waals surface area contributed by atoms with Gasteiger partial charge < -0.3 is 0 Å². The van der Waals surface area contributed by atoms with Crippen molar-refractivity contribution in [1.82, 2.24) is 19.9 Å². The molecule has 2 heterocycles. The van der Waals surface area contributed by atoms with Crippen molar-refractivity contribution in [2.24, 2.45) is 0 Å². The third-order valence-corrected chi connectivity index (χ3v) is 3.65. The molecule has 0 unspecified atom stereocenters. The first-order valence-electron chi connectivity index (χ1n) is 7.56. The highest BCUT2D eigenvalue weighted by Gasteiger charge is 2.04. The predicted octanol–water partition coefficient (Wildman–Crippen LogP) is 3.22. The van der Waals surface area contributed by atoms with Crippen molar-refractivity contribution in [2.75, 3.05) is 7.05 Å². The van der Waals surface area contributed by atoms with Gasteiger partial charge >= 0.3 is 0 Å². The van der Waals surface area contributed by atoms with Gasteiger partial charge in [0.1, 0.15) is 5.82 Å². The number of fused-ring (bicyclic) bond motifs is 1. The maximum Gasteiger partial charge on any atom is 0.127 e. The van der Waals surface area contributed by atoms with E-state index in [1.54, 1.807) is 0 Å². The van der Waals surface area contributed by atoms with Gasteiger partial charge in [-0.05, 0) is 30.8 Å². The van der Waals surface area contributed by atoms with Crippen LogP contribution in [0.25, 0.3) is 10.9 Å². The van der Waals surface area contributed by atoms with Crippen molar-refractivity contribution in [3.63, 3.8) is 0 Å². The molecule has 4 nitrogen and oxygen atoms in total. The minimum absolute atomic E-state index is 0.842. The van der Waals surface area contributed by atoms with Gasteiger partial charge in [0, 0.05) is 49.1 Å². The first-order chi connectivity index (χ1) is 10.7. The van der Waals surface area contributed by atoms with E-state index in [2.05, 4.69) is 58.1 Å². The van der Waals surface area contributed by atoms with E-state index in [0.717, 1.165) is 36.4 Å². The summed E-state index contributed by atoms with van der Waals surface area (Å²) in [6, 6.07) is 10.5. The van der Waals surface area contributed by atoms with Gasteiger partial charge in [0.05, 0.1) is 5.52 Å². The molecule has 0 N–H and O–H groups in total. The third kappa shape index (κ3) is 3.46. The Morgan fingerprint density at radius 2 is 1.73 bits per heavy atom. The summed E-state index contributed by atoms with van der Waals surface area (Å²) in [6.07, 6.45) is 6.55. The highest BCUT2D eigenvalue weighted by molar-refractivity contribution is 5.78. The van der Waals surface area contributed by atoms with E-state index in [-0.39, 0.29) is 0 Å². The summed E-state index contributed by atoms with van der Waals surface area (Å²) < 4.78 is 0. The van der Waals surface area contributed by atoms with Crippen LogP contribution in [0.4, 0.5) is 0 Å². The molecule has 0 aliphatic rings. The molecule has 0 radical (unpaired) electrons. The summed E-state index contributed by atoms with van der Waals surface area (Å²) in [5.74, 6) is 0.897. The van der Waals surface area contributed by atoms with Crippen LogP contribution in [-0.2, 0) is 19.5 Å². The molecule has 4 heteroatoms. The number of rotatable bonds is 5. The van der Waals surface area contributed by atoms with Crippen LogP contribution in [0.2, 0.25) is 0 Å². The van der Waals surface area contributed by atoms with Crippen LogP contribution >= 0.6 is 0 Å². The van der Waals surface area contributed by atoms with E-state index in [0.29, 0.717) is 0 Å². The molecule has 0 aliphatic carbocycles. The number of pyridine rings is 1. The van der Waals surface area contributed by atoms with Crippen LogP contribution in [-0.4, -0.2) is 26.9 Å². The third-order valence-electron chi connectivity index (χ3n) is 3.65. The lowest BCUT2D eigenvalue weighted by molar-refractivity contribution is 0.318. The van der Waals surface area contributed by atoms with Crippen LogP contribution in [0.1, 0.15) is 23.9 Å². The zero-order valence-corrected chi connectivity index (χ0v) is 13.0. The molecule has 112 valence electrons. The van der Waals surface area contributed by atoms with Gasteiger partial charge in [0.25, 0.3) is 0 Å². The second-order valence-corrected chi connectivity index (χ2v) is 5.56. The zero-order chi connectivity index (χ0) is 15.4. The first kappa shape index (κ1) is 14.6. The molecule has 2 aromatic heterocycles. The highest BCUT2D eigenvalue weighted by Crippen LogP contribution is 2.15. The van der Waals surface area contributed by atoms with Gasteiger partial charge in [-0.1, -0.05) is 19.1 Å². The Kier molecular flexibility index (Phi) is 4.39. The van der Waals surface area contributed by atoms with Crippen LogP contribution in [0.3, 0.4) is 0 Å². The average Bonchev–Trinajstić information content (AvgIpc) is 2.55. The van der Waals surface area contributed by atoms with Crippen LogP contribution in [0, 0.1) is 0 Å². The molecular weight excluding hydrogens is 272 g/mol. The van der Waals surface area contributed by atoms with Crippen molar-refractivity contribution in [1.29, 1.82) is 0 Å². The molecular formula is C18H20N4. The Bertz CT molecular complexity index is 752. The van der Waals surface area contributed by atoms with Crippen LogP contribution in [0.15, 0.2) is 48.9 Å². The molecule has 0 aliphatic heterocycles. The van der Waals surface area contributed by atoms with Crippen LogP contribution in [0.5, 0.6) is 0 Å². The number of hydrogen-bond donors (Lipinski definition) is 0. The maximum absolute atomic E-state index is 4.36. The van der Waals surface area contributed by atoms with Crippen molar-refractivity contribution in [3.8, 4) is 0 Å². The smallest absolute Gasteiger partial charge is 0.127 e. The molecule has 0 amide bonds. The van der Waals surface area contributed by atoms with Crippen molar-refractivity contribution < 1.29 is 0 Å². The lowest BCUT2D eigenvalue weighted by atomic mass is 10.1.